The molecule has 1 aliphatic heterocycles. The number of H-pyrrole nitrogens is 1. The van der Waals surface area contributed by atoms with Gasteiger partial charge in [-0.15, -0.1) is 5.10 Å². The Morgan fingerprint density at radius 1 is 0.947 bits per heavy atom. The summed E-state index contributed by atoms with van der Waals surface area (Å²) in [7, 11) is 0. The zero-order chi connectivity index (χ0) is 25.5. The zero-order valence-corrected chi connectivity index (χ0v) is 20.8. The lowest BCUT2D eigenvalue weighted by Crippen LogP contribution is -2.24. The van der Waals surface area contributed by atoms with E-state index in [1.165, 1.54) is 11.3 Å². The van der Waals surface area contributed by atoms with Gasteiger partial charge in [-0.1, -0.05) is 11.3 Å². The maximum absolute atomic E-state index is 4.91. The lowest BCUT2D eigenvalue weighted by atomic mass is 10.1. The molecule has 0 unspecified atom stereocenters. The van der Waals surface area contributed by atoms with E-state index in [4.69, 9.17) is 4.98 Å². The number of hydrogen-bond donors (Lipinski definition) is 2. The molecule has 38 heavy (non-hydrogen) atoms. The maximum atomic E-state index is 4.91. The highest BCUT2D eigenvalue weighted by Crippen LogP contribution is 2.30. The van der Waals surface area contributed by atoms with Gasteiger partial charge in [0, 0.05) is 60.6 Å². The molecule has 0 atom stereocenters. The minimum Gasteiger partial charge on any atom is -0.312 e. The lowest BCUT2D eigenvalue weighted by Gasteiger charge is -2.16. The highest BCUT2D eigenvalue weighted by molar-refractivity contribution is 5.84. The van der Waals surface area contributed by atoms with Gasteiger partial charge in [-0.05, 0) is 54.4 Å². The van der Waals surface area contributed by atoms with E-state index < -0.39 is 0 Å². The van der Waals surface area contributed by atoms with Gasteiger partial charge in [-0.25, -0.2) is 9.67 Å². The molecule has 7 heterocycles. The summed E-state index contributed by atoms with van der Waals surface area (Å²) in [5.41, 5.74) is 10.9. The molecule has 0 saturated heterocycles. The van der Waals surface area contributed by atoms with Crippen LogP contribution in [0.2, 0.25) is 0 Å². The average molecular weight is 501 g/mol. The van der Waals surface area contributed by atoms with E-state index in [0.717, 1.165) is 75.7 Å². The summed E-state index contributed by atoms with van der Waals surface area (Å²) < 4.78 is 1.83. The lowest BCUT2D eigenvalue weighted by molar-refractivity contribution is 0.618. The van der Waals surface area contributed by atoms with E-state index in [1.54, 1.807) is 0 Å². The van der Waals surface area contributed by atoms with Crippen molar-refractivity contribution in [1.29, 1.82) is 0 Å². The number of rotatable bonds is 5. The summed E-state index contributed by atoms with van der Waals surface area (Å²) >= 11 is 0. The molecular formula is C28H24N10. The molecule has 186 valence electrons. The second-order valence-corrected chi connectivity index (χ2v) is 9.45. The van der Waals surface area contributed by atoms with Gasteiger partial charge in [0.2, 0.25) is 0 Å². The van der Waals surface area contributed by atoms with Crippen molar-refractivity contribution < 1.29 is 0 Å². The van der Waals surface area contributed by atoms with Crippen molar-refractivity contribution in [2.75, 3.05) is 6.54 Å². The molecule has 0 amide bonds. The molecule has 0 aromatic carbocycles. The van der Waals surface area contributed by atoms with Crippen LogP contribution in [0.25, 0.3) is 44.9 Å². The summed E-state index contributed by atoms with van der Waals surface area (Å²) in [6, 6.07) is 14.0. The van der Waals surface area contributed by atoms with Gasteiger partial charge < -0.3 is 5.32 Å². The molecule has 2 N–H and O–H groups in total. The largest absolute Gasteiger partial charge is 0.312 e. The Morgan fingerprint density at radius 2 is 1.92 bits per heavy atom. The molecule has 1 aliphatic rings. The third-order valence-corrected chi connectivity index (χ3v) is 6.73. The molecule has 0 aliphatic carbocycles. The summed E-state index contributed by atoms with van der Waals surface area (Å²) in [5, 5.41) is 19.6. The van der Waals surface area contributed by atoms with E-state index in [1.807, 2.05) is 72.8 Å². The number of fused-ring (bicyclic) bond motifs is 2. The molecule has 0 spiro atoms. The molecule has 0 saturated carbocycles. The summed E-state index contributed by atoms with van der Waals surface area (Å²) in [6.45, 7) is 4.41. The fourth-order valence-electron chi connectivity index (χ4n) is 4.83. The van der Waals surface area contributed by atoms with Gasteiger partial charge in [0.1, 0.15) is 11.4 Å². The molecule has 0 bridgehead atoms. The van der Waals surface area contributed by atoms with Crippen LogP contribution in [0.15, 0.2) is 67.3 Å². The molecule has 7 rings (SSSR count). The number of nitrogens with one attached hydrogen (secondary N) is 2. The van der Waals surface area contributed by atoms with Crippen LogP contribution >= 0.6 is 0 Å². The fourth-order valence-corrected chi connectivity index (χ4v) is 4.83. The quantitative estimate of drug-likeness (QED) is 0.367. The van der Waals surface area contributed by atoms with Crippen molar-refractivity contribution >= 4 is 11.0 Å². The highest BCUT2D eigenvalue weighted by Gasteiger charge is 2.15. The van der Waals surface area contributed by atoms with Crippen LogP contribution in [0, 0.1) is 6.92 Å². The van der Waals surface area contributed by atoms with Crippen LogP contribution in [-0.4, -0.2) is 51.7 Å². The molecule has 6 aromatic rings. The van der Waals surface area contributed by atoms with Gasteiger partial charge in [-0.3, -0.25) is 20.1 Å². The Labute approximate surface area is 218 Å². The van der Waals surface area contributed by atoms with Crippen LogP contribution in [-0.2, 0) is 19.5 Å². The SMILES string of the molecule is Cc1cccc(-c2n[nH]cc2-c2ccc3ncc(-c4cn(Cc5cnc6c(c5)CNCC6)nn4)cc3n2)n1. The summed E-state index contributed by atoms with van der Waals surface area (Å²) in [6.07, 6.45) is 8.50. The van der Waals surface area contributed by atoms with E-state index in [0.29, 0.717) is 6.54 Å². The predicted octanol–water partition coefficient (Wildman–Crippen LogP) is 3.74. The smallest absolute Gasteiger partial charge is 0.120 e. The highest BCUT2D eigenvalue weighted by atomic mass is 15.4. The first-order valence-corrected chi connectivity index (χ1v) is 12.5. The standard InChI is InChI=1S/C28H24N10/c1-17-3-2-4-25(33-17)28-21(14-32-36-28)23-5-6-24-26(34-23)10-20(13-31-24)27-16-38(37-35-27)15-18-9-19-12-29-8-7-22(19)30-11-18/h2-6,9-11,13-14,16,29H,7-8,12,15H2,1H3,(H,32,36). The Hall–Kier alpha value is -4.83. The van der Waals surface area contributed by atoms with Gasteiger partial charge in [0.05, 0.1) is 35.2 Å². The molecule has 10 nitrogen and oxygen atoms in total. The van der Waals surface area contributed by atoms with Gasteiger partial charge in [0.25, 0.3) is 0 Å². The molecular weight excluding hydrogens is 476 g/mol. The Bertz CT molecular complexity index is 1780. The number of aromatic amines is 1. The van der Waals surface area contributed by atoms with Gasteiger partial charge in [0.15, 0.2) is 0 Å². The summed E-state index contributed by atoms with van der Waals surface area (Å²) in [5.74, 6) is 0. The first-order chi connectivity index (χ1) is 18.7. The molecule has 0 fully saturated rings. The van der Waals surface area contributed by atoms with Crippen molar-refractivity contribution in [3.63, 3.8) is 0 Å². The van der Waals surface area contributed by atoms with E-state index in [9.17, 15) is 0 Å². The second kappa shape index (κ2) is 9.24. The average Bonchev–Trinajstić information content (AvgIpc) is 3.63. The Morgan fingerprint density at radius 3 is 2.87 bits per heavy atom. The number of pyridine rings is 4. The Kier molecular flexibility index (Phi) is 5.44. The van der Waals surface area contributed by atoms with Crippen molar-refractivity contribution in [2.45, 2.75) is 26.4 Å². The first kappa shape index (κ1) is 22.4. The van der Waals surface area contributed by atoms with Crippen LogP contribution in [0.1, 0.15) is 22.5 Å². The molecule has 10 heteroatoms. The molecule has 0 radical (unpaired) electrons. The van der Waals surface area contributed by atoms with Gasteiger partial charge >= 0.3 is 0 Å². The normalized spacial score (nSPS) is 13.1. The maximum Gasteiger partial charge on any atom is 0.120 e. The van der Waals surface area contributed by atoms with Crippen molar-refractivity contribution in [3.05, 3.63) is 89.8 Å². The first-order valence-electron chi connectivity index (χ1n) is 12.5. The van der Waals surface area contributed by atoms with Crippen LogP contribution < -0.4 is 5.32 Å². The molecule has 6 aromatic heterocycles. The third-order valence-electron chi connectivity index (χ3n) is 6.73. The number of nitrogens with zero attached hydrogens (tertiary/aromatic N) is 8. The topological polar surface area (TPSA) is 123 Å². The van der Waals surface area contributed by atoms with Crippen molar-refractivity contribution in [3.8, 4) is 33.9 Å². The second-order valence-electron chi connectivity index (χ2n) is 9.45. The minimum absolute atomic E-state index is 0.604. The van der Waals surface area contributed by atoms with Crippen LogP contribution in [0.4, 0.5) is 0 Å². The number of aromatic nitrogens is 9. The van der Waals surface area contributed by atoms with Crippen LogP contribution in [0.5, 0.6) is 0 Å². The fraction of sp³-hybridized carbons (Fsp3) is 0.179. The van der Waals surface area contributed by atoms with E-state index >= 15 is 0 Å². The third kappa shape index (κ3) is 4.20. The monoisotopic (exact) mass is 500 g/mol. The van der Waals surface area contributed by atoms with Crippen molar-refractivity contribution in [2.24, 2.45) is 0 Å². The zero-order valence-electron chi connectivity index (χ0n) is 20.8. The summed E-state index contributed by atoms with van der Waals surface area (Å²) in [4.78, 5) is 18.8. The van der Waals surface area contributed by atoms with E-state index in [-0.39, 0.29) is 0 Å². The van der Waals surface area contributed by atoms with Crippen LogP contribution in [0.3, 0.4) is 0 Å². The minimum atomic E-state index is 0.604. The number of hydrogen-bond acceptors (Lipinski definition) is 8. The van der Waals surface area contributed by atoms with E-state index in [2.05, 4.69) is 46.8 Å². The van der Waals surface area contributed by atoms with Crippen molar-refractivity contribution in [1.82, 2.24) is 50.4 Å². The Balaban J connectivity index is 1.18. The van der Waals surface area contributed by atoms with Gasteiger partial charge in [-0.2, -0.15) is 5.10 Å². The predicted molar refractivity (Wildman–Crippen MR) is 143 cm³/mol. The number of aryl methyl sites for hydroxylation is 1.